The lowest BCUT2D eigenvalue weighted by Gasteiger charge is -2.32. The smallest absolute Gasteiger partial charge is 0.244 e. The number of hydrogen-bond acceptors (Lipinski definition) is 6. The van der Waals surface area contributed by atoms with Crippen molar-refractivity contribution >= 4 is 21.7 Å². The lowest BCUT2D eigenvalue weighted by Crippen LogP contribution is -2.47. The van der Waals surface area contributed by atoms with Gasteiger partial charge in [0.05, 0.1) is 0 Å². The van der Waals surface area contributed by atoms with Gasteiger partial charge in [0, 0.05) is 51.4 Å². The van der Waals surface area contributed by atoms with Crippen LogP contribution in [0.4, 0.5) is 5.82 Å². The molecule has 2 aliphatic rings. The first-order valence-electron chi connectivity index (χ1n) is 8.57. The van der Waals surface area contributed by atoms with Crippen molar-refractivity contribution in [1.29, 1.82) is 0 Å². The van der Waals surface area contributed by atoms with E-state index in [-0.39, 0.29) is 16.7 Å². The summed E-state index contributed by atoms with van der Waals surface area (Å²) in [6.45, 7) is 3.87. The molecule has 2 fully saturated rings. The minimum Gasteiger partial charge on any atom is -0.369 e. The monoisotopic (exact) mass is 367 g/mol. The summed E-state index contributed by atoms with van der Waals surface area (Å²) in [4.78, 5) is 20.0. The summed E-state index contributed by atoms with van der Waals surface area (Å²) in [5.74, 6) is 0.412. The molecule has 9 heteroatoms. The summed E-state index contributed by atoms with van der Waals surface area (Å²) in [5, 5.41) is 0. The zero-order valence-electron chi connectivity index (χ0n) is 14.5. The molecule has 3 heterocycles. The number of aromatic nitrogens is 1. The topological polar surface area (TPSA) is 99.8 Å². The van der Waals surface area contributed by atoms with Crippen LogP contribution in [0.5, 0.6) is 0 Å². The van der Waals surface area contributed by atoms with Crippen LogP contribution in [0.3, 0.4) is 0 Å². The average molecular weight is 367 g/mol. The Hall–Kier alpha value is -1.71. The van der Waals surface area contributed by atoms with Crippen LogP contribution in [0.15, 0.2) is 23.2 Å². The van der Waals surface area contributed by atoms with E-state index in [4.69, 9.17) is 5.73 Å². The van der Waals surface area contributed by atoms with Gasteiger partial charge in [-0.25, -0.2) is 13.4 Å². The summed E-state index contributed by atoms with van der Waals surface area (Å²) in [5.41, 5.74) is 5.35. The van der Waals surface area contributed by atoms with E-state index in [9.17, 15) is 13.2 Å². The molecule has 0 atom stereocenters. The SMILES string of the molecule is CN1CCN(S(=O)(=O)c2ccc(N3CCC(C(N)=O)CC3)nc2)CC1. The molecule has 1 aromatic heterocycles. The van der Waals surface area contributed by atoms with E-state index < -0.39 is 10.0 Å². The van der Waals surface area contributed by atoms with E-state index in [1.807, 2.05) is 7.05 Å². The fourth-order valence-electron chi connectivity index (χ4n) is 3.28. The highest BCUT2D eigenvalue weighted by molar-refractivity contribution is 7.89. The van der Waals surface area contributed by atoms with Crippen LogP contribution in [0.25, 0.3) is 0 Å². The molecule has 2 N–H and O–H groups in total. The molecule has 3 rings (SSSR count). The Morgan fingerprint density at radius 3 is 2.28 bits per heavy atom. The first-order valence-corrected chi connectivity index (χ1v) is 10.0. The van der Waals surface area contributed by atoms with Crippen molar-refractivity contribution in [2.75, 3.05) is 51.2 Å². The quantitative estimate of drug-likeness (QED) is 0.786. The second-order valence-corrected chi connectivity index (χ2v) is 8.66. The number of pyridine rings is 1. The number of piperazine rings is 1. The van der Waals surface area contributed by atoms with Crippen molar-refractivity contribution in [2.45, 2.75) is 17.7 Å². The summed E-state index contributed by atoms with van der Waals surface area (Å²) < 4.78 is 26.9. The normalized spacial score (nSPS) is 21.4. The van der Waals surface area contributed by atoms with Gasteiger partial charge in [-0.1, -0.05) is 0 Å². The zero-order chi connectivity index (χ0) is 18.0. The molecule has 2 aliphatic heterocycles. The Kier molecular flexibility index (Phi) is 5.26. The van der Waals surface area contributed by atoms with E-state index in [0.29, 0.717) is 39.0 Å². The third kappa shape index (κ3) is 3.94. The number of likely N-dealkylation sites (N-methyl/N-ethyl adjacent to an activating group) is 1. The molecule has 0 radical (unpaired) electrons. The first kappa shape index (κ1) is 18.1. The van der Waals surface area contributed by atoms with E-state index in [0.717, 1.165) is 18.9 Å². The summed E-state index contributed by atoms with van der Waals surface area (Å²) in [6, 6.07) is 3.36. The van der Waals surface area contributed by atoms with Crippen molar-refractivity contribution in [3.05, 3.63) is 18.3 Å². The number of carbonyl (C=O) groups is 1. The van der Waals surface area contributed by atoms with Crippen molar-refractivity contribution < 1.29 is 13.2 Å². The van der Waals surface area contributed by atoms with E-state index in [1.165, 1.54) is 10.5 Å². The average Bonchev–Trinajstić information content (AvgIpc) is 2.62. The highest BCUT2D eigenvalue weighted by atomic mass is 32.2. The number of nitrogens with zero attached hydrogens (tertiary/aromatic N) is 4. The molecule has 0 aromatic carbocycles. The van der Waals surface area contributed by atoms with Crippen LogP contribution in [0, 0.1) is 5.92 Å². The third-order valence-corrected chi connectivity index (χ3v) is 6.92. The van der Waals surface area contributed by atoms with Gasteiger partial charge in [0.15, 0.2) is 0 Å². The van der Waals surface area contributed by atoms with Crippen LogP contribution < -0.4 is 10.6 Å². The Morgan fingerprint density at radius 2 is 1.76 bits per heavy atom. The molecule has 0 spiro atoms. The number of amides is 1. The molecule has 0 bridgehead atoms. The second-order valence-electron chi connectivity index (χ2n) is 6.72. The lowest BCUT2D eigenvalue weighted by atomic mass is 9.96. The lowest BCUT2D eigenvalue weighted by molar-refractivity contribution is -0.122. The number of carbonyl (C=O) groups excluding carboxylic acids is 1. The maximum absolute atomic E-state index is 12.7. The summed E-state index contributed by atoms with van der Waals surface area (Å²) >= 11 is 0. The highest BCUT2D eigenvalue weighted by Gasteiger charge is 2.28. The number of piperidine rings is 1. The van der Waals surface area contributed by atoms with Gasteiger partial charge in [-0.2, -0.15) is 4.31 Å². The predicted octanol–water partition coefficient (Wildman–Crippen LogP) is -0.281. The largest absolute Gasteiger partial charge is 0.369 e. The maximum atomic E-state index is 12.7. The van der Waals surface area contributed by atoms with Crippen LogP contribution in [-0.2, 0) is 14.8 Å². The molecule has 138 valence electrons. The number of hydrogen-bond donors (Lipinski definition) is 1. The molecule has 1 aromatic rings. The Labute approximate surface area is 148 Å². The summed E-state index contributed by atoms with van der Waals surface area (Å²) in [7, 11) is -1.50. The number of sulfonamides is 1. The fourth-order valence-corrected chi connectivity index (χ4v) is 4.65. The van der Waals surface area contributed by atoms with Crippen LogP contribution in [0.1, 0.15) is 12.8 Å². The van der Waals surface area contributed by atoms with Crippen molar-refractivity contribution in [3.63, 3.8) is 0 Å². The van der Waals surface area contributed by atoms with Gasteiger partial charge < -0.3 is 15.5 Å². The first-order chi connectivity index (χ1) is 11.9. The van der Waals surface area contributed by atoms with Crippen molar-refractivity contribution in [3.8, 4) is 0 Å². The van der Waals surface area contributed by atoms with Gasteiger partial charge in [-0.3, -0.25) is 4.79 Å². The maximum Gasteiger partial charge on any atom is 0.244 e. The van der Waals surface area contributed by atoms with Gasteiger partial charge in [-0.05, 0) is 32.0 Å². The fraction of sp³-hybridized carbons (Fsp3) is 0.625. The van der Waals surface area contributed by atoms with Gasteiger partial charge >= 0.3 is 0 Å². The molecule has 0 aliphatic carbocycles. The molecular weight excluding hydrogens is 342 g/mol. The number of nitrogens with two attached hydrogens (primary N) is 1. The Morgan fingerprint density at radius 1 is 1.12 bits per heavy atom. The number of anilines is 1. The minimum atomic E-state index is -3.49. The second kappa shape index (κ2) is 7.27. The molecule has 25 heavy (non-hydrogen) atoms. The predicted molar refractivity (Wildman–Crippen MR) is 94.6 cm³/mol. The molecule has 1 amide bonds. The molecule has 2 saturated heterocycles. The van der Waals surface area contributed by atoms with E-state index >= 15 is 0 Å². The molecule has 0 saturated carbocycles. The number of rotatable bonds is 4. The Bertz CT molecular complexity index is 706. The van der Waals surface area contributed by atoms with Gasteiger partial charge in [-0.15, -0.1) is 0 Å². The van der Waals surface area contributed by atoms with Crippen LogP contribution in [-0.4, -0.2) is 74.8 Å². The molecule has 8 nitrogen and oxygen atoms in total. The van der Waals surface area contributed by atoms with E-state index in [2.05, 4.69) is 14.8 Å². The third-order valence-electron chi connectivity index (χ3n) is 5.04. The van der Waals surface area contributed by atoms with Gasteiger partial charge in [0.2, 0.25) is 15.9 Å². The van der Waals surface area contributed by atoms with Gasteiger partial charge in [0.1, 0.15) is 10.7 Å². The minimum absolute atomic E-state index is 0.0758. The summed E-state index contributed by atoms with van der Waals surface area (Å²) in [6.07, 6.45) is 2.85. The van der Waals surface area contributed by atoms with E-state index in [1.54, 1.807) is 12.1 Å². The zero-order valence-corrected chi connectivity index (χ0v) is 15.3. The van der Waals surface area contributed by atoms with Gasteiger partial charge in [0.25, 0.3) is 0 Å². The number of primary amides is 1. The van der Waals surface area contributed by atoms with Crippen LogP contribution in [0.2, 0.25) is 0 Å². The van der Waals surface area contributed by atoms with Crippen molar-refractivity contribution in [1.82, 2.24) is 14.2 Å². The highest BCUT2D eigenvalue weighted by Crippen LogP contribution is 2.23. The van der Waals surface area contributed by atoms with Crippen molar-refractivity contribution in [2.24, 2.45) is 11.7 Å². The molecular formula is C16H25N5O3S. The van der Waals surface area contributed by atoms with Crippen LogP contribution >= 0.6 is 0 Å². The standard InChI is InChI=1S/C16H25N5O3S/c1-19-8-10-21(11-9-19)25(23,24)14-2-3-15(18-12-14)20-6-4-13(5-7-20)16(17)22/h2-3,12-13H,4-11H2,1H3,(H2,17,22). The molecule has 0 unspecified atom stereocenters. The Balaban J connectivity index is 1.67.